The van der Waals surface area contributed by atoms with Crippen LogP contribution in [0.1, 0.15) is 24.5 Å². The summed E-state index contributed by atoms with van der Waals surface area (Å²) in [5.74, 6) is 0.517. The Morgan fingerprint density at radius 3 is 2.67 bits per heavy atom. The molecular weight excluding hydrogens is 284 g/mol. The summed E-state index contributed by atoms with van der Waals surface area (Å²) < 4.78 is 5.51. The van der Waals surface area contributed by atoms with E-state index in [1.807, 2.05) is 6.92 Å². The van der Waals surface area contributed by atoms with Gasteiger partial charge in [-0.2, -0.15) is 15.0 Å². The van der Waals surface area contributed by atoms with Gasteiger partial charge in [-0.1, -0.05) is 24.6 Å². The van der Waals surface area contributed by atoms with Crippen molar-refractivity contribution in [3.63, 3.8) is 0 Å². The van der Waals surface area contributed by atoms with Crippen LogP contribution in [0.5, 0.6) is 6.01 Å². The lowest BCUT2D eigenvalue weighted by molar-refractivity contribution is 0.288. The van der Waals surface area contributed by atoms with Gasteiger partial charge in [0.05, 0.1) is 6.61 Å². The van der Waals surface area contributed by atoms with Gasteiger partial charge >= 0.3 is 6.01 Å². The third-order valence-electron chi connectivity index (χ3n) is 2.78. The highest BCUT2D eigenvalue weighted by atomic mass is 32.2. The first-order chi connectivity index (χ1) is 10.1. The van der Waals surface area contributed by atoms with Gasteiger partial charge in [-0.15, -0.1) is 0 Å². The lowest BCUT2D eigenvalue weighted by Crippen LogP contribution is -2.05. The van der Waals surface area contributed by atoms with Crippen molar-refractivity contribution in [3.05, 3.63) is 29.3 Å². The second kappa shape index (κ2) is 7.26. The summed E-state index contributed by atoms with van der Waals surface area (Å²) in [6.45, 7) is 6.82. The van der Waals surface area contributed by atoms with Crippen LogP contribution in [-0.4, -0.2) is 28.6 Å². The summed E-state index contributed by atoms with van der Waals surface area (Å²) >= 11 is 1.52. The fourth-order valence-electron chi connectivity index (χ4n) is 1.77. The maximum Gasteiger partial charge on any atom is 0.322 e. The minimum Gasteiger partial charge on any atom is -0.463 e. The van der Waals surface area contributed by atoms with Gasteiger partial charge in [0.25, 0.3) is 0 Å². The van der Waals surface area contributed by atoms with Gasteiger partial charge in [0.15, 0.2) is 0 Å². The summed E-state index contributed by atoms with van der Waals surface area (Å²) in [4.78, 5) is 14.1. The molecule has 1 aromatic carbocycles. The van der Waals surface area contributed by atoms with Crippen LogP contribution < -0.4 is 10.1 Å². The molecule has 0 aliphatic carbocycles. The maximum atomic E-state index is 5.51. The Kier molecular flexibility index (Phi) is 5.38. The number of aryl methyl sites for hydroxylation is 2. The highest BCUT2D eigenvalue weighted by Gasteiger charge is 2.09. The first-order valence-corrected chi connectivity index (χ1v) is 7.75. The predicted molar refractivity (Wildman–Crippen MR) is 85.2 cm³/mol. The molecule has 0 unspecified atom stereocenters. The fraction of sp³-hybridized carbons (Fsp3) is 0.400. The summed E-state index contributed by atoms with van der Waals surface area (Å²) in [5, 5.41) is 3.57. The average molecular weight is 304 g/mol. The van der Waals surface area contributed by atoms with Crippen LogP contribution in [0.2, 0.25) is 0 Å². The zero-order valence-corrected chi connectivity index (χ0v) is 13.6. The minimum atomic E-state index is 0.364. The van der Waals surface area contributed by atoms with Crippen molar-refractivity contribution < 1.29 is 4.74 Å². The average Bonchev–Trinajstić information content (AvgIpc) is 2.48. The smallest absolute Gasteiger partial charge is 0.322 e. The molecule has 1 aromatic heterocycles. The van der Waals surface area contributed by atoms with E-state index < -0.39 is 0 Å². The van der Waals surface area contributed by atoms with Crippen LogP contribution >= 0.6 is 11.8 Å². The van der Waals surface area contributed by atoms with Gasteiger partial charge in [-0.3, -0.25) is 0 Å². The van der Waals surface area contributed by atoms with E-state index in [9.17, 15) is 0 Å². The molecule has 0 atom stereocenters. The number of nitrogens with one attached hydrogen (secondary N) is 1. The first-order valence-electron chi connectivity index (χ1n) is 6.94. The van der Waals surface area contributed by atoms with Crippen molar-refractivity contribution >= 4 is 17.7 Å². The number of benzene rings is 1. The second-order valence-electron chi connectivity index (χ2n) is 4.69. The van der Waals surface area contributed by atoms with E-state index >= 15 is 0 Å². The first kappa shape index (κ1) is 15.6. The maximum absolute atomic E-state index is 5.51. The van der Waals surface area contributed by atoms with Crippen molar-refractivity contribution in [2.24, 2.45) is 0 Å². The number of hydrogen-bond acceptors (Lipinski definition) is 6. The zero-order valence-electron chi connectivity index (χ0n) is 12.8. The Bertz CT molecular complexity index is 619. The van der Waals surface area contributed by atoms with Crippen molar-refractivity contribution in [1.82, 2.24) is 15.0 Å². The van der Waals surface area contributed by atoms with E-state index in [0.29, 0.717) is 23.7 Å². The number of hydrogen-bond donors (Lipinski definition) is 1. The molecule has 2 aromatic rings. The molecule has 0 radical (unpaired) electrons. The van der Waals surface area contributed by atoms with Gasteiger partial charge in [0, 0.05) is 11.9 Å². The van der Waals surface area contributed by atoms with E-state index in [2.05, 4.69) is 52.3 Å². The predicted octanol–water partition coefficient (Wildman–Crippen LogP) is 3.47. The van der Waals surface area contributed by atoms with Gasteiger partial charge in [-0.25, -0.2) is 0 Å². The number of nitrogens with zero attached hydrogens (tertiary/aromatic N) is 3. The molecular formula is C15H20N4OS. The number of anilines is 1. The molecule has 0 aliphatic rings. The monoisotopic (exact) mass is 304 g/mol. The molecule has 0 saturated carbocycles. The number of aromatic nitrogens is 3. The quantitative estimate of drug-likeness (QED) is 0.882. The standard InChI is InChI=1S/C15H20N4OS/c1-5-8-20-14-17-13(16-4)18-15(19-14)21-12-7-6-10(2)9-11(12)3/h6-7,9H,5,8H2,1-4H3,(H,16,17,18,19). The summed E-state index contributed by atoms with van der Waals surface area (Å²) in [7, 11) is 1.78. The third kappa shape index (κ3) is 4.32. The third-order valence-corrected chi connectivity index (χ3v) is 3.83. The van der Waals surface area contributed by atoms with Crippen molar-refractivity contribution in [2.75, 3.05) is 19.0 Å². The SMILES string of the molecule is CCCOc1nc(NC)nc(Sc2ccc(C)cc2C)n1. The lowest BCUT2D eigenvalue weighted by atomic mass is 10.2. The van der Waals surface area contributed by atoms with E-state index in [0.717, 1.165) is 11.3 Å². The normalized spacial score (nSPS) is 10.5. The van der Waals surface area contributed by atoms with Crippen molar-refractivity contribution in [2.45, 2.75) is 37.2 Å². The van der Waals surface area contributed by atoms with Crippen LogP contribution in [0.15, 0.2) is 28.3 Å². The largest absolute Gasteiger partial charge is 0.463 e. The number of ether oxygens (including phenoxy) is 1. The molecule has 0 saturated heterocycles. The van der Waals surface area contributed by atoms with Gasteiger partial charge in [0.1, 0.15) is 0 Å². The molecule has 1 heterocycles. The summed E-state index contributed by atoms with van der Waals surface area (Å²) in [6, 6.07) is 6.69. The summed E-state index contributed by atoms with van der Waals surface area (Å²) in [6.07, 6.45) is 0.917. The fourth-order valence-corrected chi connectivity index (χ4v) is 2.57. The molecule has 112 valence electrons. The van der Waals surface area contributed by atoms with E-state index in [1.165, 1.54) is 22.9 Å². The Morgan fingerprint density at radius 2 is 2.00 bits per heavy atom. The Morgan fingerprint density at radius 1 is 1.19 bits per heavy atom. The molecule has 0 aliphatic heterocycles. The van der Waals surface area contributed by atoms with Gasteiger partial charge < -0.3 is 10.1 Å². The topological polar surface area (TPSA) is 59.9 Å². The molecule has 0 amide bonds. The van der Waals surface area contributed by atoms with Crippen molar-refractivity contribution in [3.8, 4) is 6.01 Å². The number of rotatable bonds is 6. The Hall–Kier alpha value is -1.82. The van der Waals surface area contributed by atoms with Crippen LogP contribution in [0.25, 0.3) is 0 Å². The van der Waals surface area contributed by atoms with Crippen LogP contribution in [0.3, 0.4) is 0 Å². The van der Waals surface area contributed by atoms with E-state index in [-0.39, 0.29) is 0 Å². The van der Waals surface area contributed by atoms with Gasteiger partial charge in [-0.05, 0) is 43.7 Å². The highest BCUT2D eigenvalue weighted by molar-refractivity contribution is 7.99. The summed E-state index contributed by atoms with van der Waals surface area (Å²) in [5.41, 5.74) is 2.46. The van der Waals surface area contributed by atoms with E-state index in [1.54, 1.807) is 7.05 Å². The highest BCUT2D eigenvalue weighted by Crippen LogP contribution is 2.29. The second-order valence-corrected chi connectivity index (χ2v) is 5.70. The Labute approximate surface area is 129 Å². The molecule has 0 fully saturated rings. The molecule has 2 rings (SSSR count). The molecule has 6 heteroatoms. The lowest BCUT2D eigenvalue weighted by Gasteiger charge is -2.08. The van der Waals surface area contributed by atoms with Crippen LogP contribution in [-0.2, 0) is 0 Å². The molecule has 1 N–H and O–H groups in total. The molecule has 21 heavy (non-hydrogen) atoms. The minimum absolute atomic E-state index is 0.364. The molecule has 0 spiro atoms. The zero-order chi connectivity index (χ0) is 15.2. The van der Waals surface area contributed by atoms with Crippen LogP contribution in [0, 0.1) is 13.8 Å². The molecule has 0 bridgehead atoms. The van der Waals surface area contributed by atoms with Gasteiger partial charge in [0.2, 0.25) is 11.1 Å². The molecule has 5 nitrogen and oxygen atoms in total. The van der Waals surface area contributed by atoms with Crippen molar-refractivity contribution in [1.29, 1.82) is 0 Å². The van der Waals surface area contributed by atoms with Crippen LogP contribution in [0.4, 0.5) is 5.95 Å². The van der Waals surface area contributed by atoms with E-state index in [4.69, 9.17) is 4.74 Å². The Balaban J connectivity index is 2.25.